The quantitative estimate of drug-likeness (QED) is 0.266. The predicted octanol–water partition coefficient (Wildman–Crippen LogP) is 4.29. The van der Waals surface area contributed by atoms with E-state index in [-0.39, 0.29) is 5.56 Å². The molecule has 0 atom stereocenters. The first-order valence-corrected chi connectivity index (χ1v) is 13.7. The zero-order valence-corrected chi connectivity index (χ0v) is 18.9. The average Bonchev–Trinajstić information content (AvgIpc) is 2.70. The highest BCUT2D eigenvalue weighted by atomic mass is 79.9. The summed E-state index contributed by atoms with van der Waals surface area (Å²) in [6.45, 7) is 8.07. The lowest BCUT2D eigenvalue weighted by Crippen LogP contribution is -2.22. The number of hydrogen-bond donors (Lipinski definition) is 0. The predicted molar refractivity (Wildman–Crippen MR) is 106 cm³/mol. The molecule has 2 heterocycles. The molecule has 0 spiro atoms. The molecule has 0 saturated heterocycles. The molecule has 2 rings (SSSR count). The third-order valence-electron chi connectivity index (χ3n) is 3.52. The number of hydrogen-bond acceptors (Lipinski definition) is 4. The number of fused-ring (bicyclic) bond motifs is 1. The summed E-state index contributed by atoms with van der Waals surface area (Å²) < 4.78 is 10.8. The minimum absolute atomic E-state index is 0.0622. The molecule has 0 amide bonds. The van der Waals surface area contributed by atoms with Gasteiger partial charge in [-0.3, -0.25) is 13.9 Å². The molecule has 0 unspecified atom stereocenters. The Morgan fingerprint density at radius 2 is 1.96 bits per heavy atom. The highest BCUT2D eigenvalue weighted by Crippen LogP contribution is 2.33. The first-order valence-electron chi connectivity index (χ1n) is 7.23. The summed E-state index contributed by atoms with van der Waals surface area (Å²) in [5, 5.41) is 1.26. The monoisotopic (exact) mass is 481 g/mol. The van der Waals surface area contributed by atoms with Gasteiger partial charge in [0.2, 0.25) is 0 Å². The van der Waals surface area contributed by atoms with Crippen molar-refractivity contribution in [2.75, 3.05) is 12.9 Å². The van der Waals surface area contributed by atoms with Crippen LogP contribution in [0.2, 0.25) is 25.7 Å². The summed E-state index contributed by atoms with van der Waals surface area (Å²) in [6, 6.07) is 1.11. The largest absolute Gasteiger partial charge is 0.361 e. The Bertz CT molecular complexity index is 783. The van der Waals surface area contributed by atoms with Crippen LogP contribution in [0.15, 0.2) is 19.0 Å². The van der Waals surface area contributed by atoms with Crippen LogP contribution in [0, 0.1) is 0 Å². The normalized spacial score (nSPS) is 12.3. The smallest absolute Gasteiger partial charge is 0.264 e. The molecule has 5 nitrogen and oxygen atoms in total. The van der Waals surface area contributed by atoms with Crippen LogP contribution in [-0.4, -0.2) is 35.1 Å². The summed E-state index contributed by atoms with van der Waals surface area (Å²) in [7, 11) is 0.623. The van der Waals surface area contributed by atoms with Crippen LogP contribution in [0.4, 0.5) is 0 Å². The van der Waals surface area contributed by atoms with Gasteiger partial charge in [-0.25, -0.2) is 4.98 Å². The highest BCUT2D eigenvalue weighted by molar-refractivity contribution is 9.13. The molecule has 0 saturated carbocycles. The molecule has 0 aliphatic carbocycles. The van der Waals surface area contributed by atoms with Crippen molar-refractivity contribution in [1.82, 2.24) is 14.1 Å². The zero-order valence-electron chi connectivity index (χ0n) is 13.9. The van der Waals surface area contributed by atoms with Crippen LogP contribution in [0.1, 0.15) is 0 Å². The molecule has 0 N–H and O–H groups in total. The fourth-order valence-electron chi connectivity index (χ4n) is 2.11. The zero-order chi connectivity index (χ0) is 17.4. The van der Waals surface area contributed by atoms with Gasteiger partial charge in [0.05, 0.1) is 9.86 Å². The van der Waals surface area contributed by atoms with Crippen molar-refractivity contribution in [2.24, 2.45) is 7.05 Å². The molecule has 0 radical (unpaired) electrons. The third kappa shape index (κ3) is 4.12. The number of nitrogens with zero attached hydrogens (tertiary/aromatic N) is 3. The topological polar surface area (TPSA) is 49.1 Å². The van der Waals surface area contributed by atoms with Gasteiger partial charge < -0.3 is 4.74 Å². The molecule has 0 aromatic carbocycles. The molecule has 0 bridgehead atoms. The Kier molecular flexibility index (Phi) is 6.21. The van der Waals surface area contributed by atoms with Crippen LogP contribution in [0.5, 0.6) is 0 Å². The molecular formula is C14H21Br2N3O2SSi. The van der Waals surface area contributed by atoms with Gasteiger partial charge in [-0.15, -0.1) is 0 Å². The van der Waals surface area contributed by atoms with Gasteiger partial charge >= 0.3 is 0 Å². The summed E-state index contributed by atoms with van der Waals surface area (Å²) in [5.74, 6) is 0. The van der Waals surface area contributed by atoms with Crippen molar-refractivity contribution in [3.8, 4) is 0 Å². The maximum atomic E-state index is 12.6. The Balaban J connectivity index is 2.38. The summed E-state index contributed by atoms with van der Waals surface area (Å²) in [5.41, 5.74) is 0.581. The Hall–Kier alpha value is -0.0931. The number of halogens is 2. The first kappa shape index (κ1) is 19.2. The second-order valence-electron chi connectivity index (χ2n) is 6.54. The molecule has 23 heavy (non-hydrogen) atoms. The van der Waals surface area contributed by atoms with Crippen LogP contribution in [-0.2, 0) is 18.5 Å². The number of thioether (sulfide) groups is 1. The van der Waals surface area contributed by atoms with Crippen LogP contribution < -0.4 is 5.56 Å². The van der Waals surface area contributed by atoms with Gasteiger partial charge in [0.1, 0.15) is 11.3 Å². The number of rotatable bonds is 6. The molecule has 0 aliphatic heterocycles. The molecule has 9 heteroatoms. The average molecular weight is 483 g/mol. The second kappa shape index (κ2) is 7.43. The van der Waals surface area contributed by atoms with Crippen molar-refractivity contribution in [2.45, 2.75) is 37.6 Å². The summed E-state index contributed by atoms with van der Waals surface area (Å²) in [4.78, 5) is 17.2. The van der Waals surface area contributed by atoms with Crippen LogP contribution in [0.25, 0.3) is 11.0 Å². The van der Waals surface area contributed by atoms with Crippen molar-refractivity contribution in [1.29, 1.82) is 0 Å². The Morgan fingerprint density at radius 3 is 2.52 bits per heavy atom. The highest BCUT2D eigenvalue weighted by Gasteiger charge is 2.20. The van der Waals surface area contributed by atoms with Crippen molar-refractivity contribution >= 4 is 62.7 Å². The second-order valence-corrected chi connectivity index (χ2v) is 14.5. The van der Waals surface area contributed by atoms with Gasteiger partial charge in [0.25, 0.3) is 5.56 Å². The maximum Gasteiger partial charge on any atom is 0.264 e. The van der Waals surface area contributed by atoms with E-state index >= 15 is 0 Å². The van der Waals surface area contributed by atoms with E-state index in [0.717, 1.165) is 21.7 Å². The van der Waals surface area contributed by atoms with Crippen LogP contribution in [0.3, 0.4) is 0 Å². The van der Waals surface area contributed by atoms with Gasteiger partial charge in [-0.05, 0) is 44.2 Å². The lowest BCUT2D eigenvalue weighted by Gasteiger charge is -2.16. The van der Waals surface area contributed by atoms with E-state index in [2.05, 4.69) is 56.5 Å². The standard InChI is InChI=1S/C14H21Br2N3O2SSi/c1-18-13(20)9-10(15)11(16)19(12(9)17-14(18)22-2)8-21-6-7-23(3,4)5/h6-8H2,1-5H3. The lowest BCUT2D eigenvalue weighted by atomic mass is 10.4. The summed E-state index contributed by atoms with van der Waals surface area (Å²) >= 11 is 8.49. The first-order chi connectivity index (χ1) is 10.7. The Morgan fingerprint density at radius 1 is 1.30 bits per heavy atom. The van der Waals surface area contributed by atoms with E-state index in [4.69, 9.17) is 4.74 Å². The maximum absolute atomic E-state index is 12.6. The van der Waals surface area contributed by atoms with Crippen molar-refractivity contribution in [3.05, 3.63) is 19.4 Å². The van der Waals surface area contributed by atoms with Crippen molar-refractivity contribution in [3.63, 3.8) is 0 Å². The third-order valence-corrected chi connectivity index (χ3v) is 8.09. The van der Waals surface area contributed by atoms with E-state index in [1.807, 2.05) is 10.8 Å². The number of ether oxygens (including phenoxy) is 1. The minimum Gasteiger partial charge on any atom is -0.361 e. The summed E-state index contributed by atoms with van der Waals surface area (Å²) in [6.07, 6.45) is 1.91. The van der Waals surface area contributed by atoms with E-state index in [1.165, 1.54) is 11.8 Å². The van der Waals surface area contributed by atoms with Crippen LogP contribution >= 0.6 is 43.6 Å². The molecule has 0 fully saturated rings. The fourth-order valence-corrected chi connectivity index (χ4v) is 4.43. The van der Waals surface area contributed by atoms with Crippen molar-refractivity contribution < 1.29 is 4.74 Å². The number of aromatic nitrogens is 3. The minimum atomic E-state index is -1.12. The molecule has 2 aromatic heterocycles. The van der Waals surface area contributed by atoms with Gasteiger partial charge in [0.15, 0.2) is 10.8 Å². The molecule has 2 aromatic rings. The van der Waals surface area contributed by atoms with E-state index in [1.54, 1.807) is 11.6 Å². The van der Waals surface area contributed by atoms with E-state index in [9.17, 15) is 4.79 Å². The van der Waals surface area contributed by atoms with Gasteiger partial charge in [-0.2, -0.15) is 0 Å². The van der Waals surface area contributed by atoms with Gasteiger partial charge in [0, 0.05) is 21.7 Å². The SMILES string of the molecule is CSc1nc2c(c(Br)c(Br)n2COCC[Si](C)(C)C)c(=O)n1C. The van der Waals surface area contributed by atoms with E-state index < -0.39 is 8.07 Å². The Labute approximate surface area is 158 Å². The fraction of sp³-hybridized carbons (Fsp3) is 0.571. The van der Waals surface area contributed by atoms with E-state index in [0.29, 0.717) is 22.9 Å². The molecular weight excluding hydrogens is 462 g/mol. The van der Waals surface area contributed by atoms with Gasteiger partial charge in [-0.1, -0.05) is 31.4 Å². The molecule has 128 valence electrons. The lowest BCUT2D eigenvalue weighted by molar-refractivity contribution is 0.0883. The molecule has 0 aliphatic rings.